The number of hydrogen-bond donors (Lipinski definition) is 3. The molecular weight excluding hydrogens is 569 g/mol. The van der Waals surface area contributed by atoms with E-state index in [4.69, 9.17) is 15.1 Å². The molecule has 3 N–H and O–H groups in total. The molecule has 5 aromatic rings. The first kappa shape index (κ1) is 27.0. The zero-order chi connectivity index (χ0) is 29.1. The number of aryl methyl sites for hydroxylation is 1. The second-order valence-electron chi connectivity index (χ2n) is 10.6. The van der Waals surface area contributed by atoms with Gasteiger partial charge < -0.3 is 20.8 Å². The van der Waals surface area contributed by atoms with Gasteiger partial charge in [-0.25, -0.2) is 22.4 Å². The van der Waals surface area contributed by atoms with Gasteiger partial charge in [0.25, 0.3) is 10.0 Å². The molecule has 0 radical (unpaired) electrons. The molecule has 0 saturated carbocycles. The van der Waals surface area contributed by atoms with Gasteiger partial charge in [-0.2, -0.15) is 0 Å². The van der Waals surface area contributed by atoms with Gasteiger partial charge in [-0.15, -0.1) is 11.3 Å². The van der Waals surface area contributed by atoms with Crippen molar-refractivity contribution in [1.29, 1.82) is 5.41 Å². The third-order valence-electron chi connectivity index (χ3n) is 8.29. The Hall–Kier alpha value is -3.90. The largest absolute Gasteiger partial charge is 0.388 e. The van der Waals surface area contributed by atoms with Gasteiger partial charge in [0.15, 0.2) is 5.65 Å². The lowest BCUT2D eigenvalue weighted by atomic mass is 9.81. The molecule has 3 aromatic heterocycles. The summed E-state index contributed by atoms with van der Waals surface area (Å²) in [4.78, 5) is 10.3. The van der Waals surface area contributed by atoms with E-state index in [0.717, 1.165) is 69.1 Å². The summed E-state index contributed by atoms with van der Waals surface area (Å²) in [7, 11) is -2.27. The number of pyridine rings is 1. The number of anilines is 1. The fraction of sp³-hybridized carbons (Fsp3) is 0.258. The van der Waals surface area contributed by atoms with E-state index in [1.54, 1.807) is 42.7 Å². The fourth-order valence-corrected chi connectivity index (χ4v) is 8.76. The third-order valence-corrected chi connectivity index (χ3v) is 10.9. The van der Waals surface area contributed by atoms with E-state index >= 15 is 0 Å². The summed E-state index contributed by atoms with van der Waals surface area (Å²) < 4.78 is 37.2. The van der Waals surface area contributed by atoms with E-state index in [-0.39, 0.29) is 4.90 Å². The van der Waals surface area contributed by atoms with Crippen molar-refractivity contribution in [3.8, 4) is 21.7 Å². The molecule has 0 amide bonds. The summed E-state index contributed by atoms with van der Waals surface area (Å²) in [5, 5.41) is 16.3. The standard InChI is InChI=1S/C31H30N6O3S2/c1-19-35-17-25(41-19)29-26(20-8-9-24(33-2)21(14-20)15-32)27-28-22(18-40-31(28)10-12-34-13-11-31)16-36-30(27)37(29)42(38,39)23-6-4-3-5-7-23/h3-9,14-17,32-34H,10-13,18H2,1-2H3. The molecule has 0 unspecified atom stereocenters. The average Bonchev–Trinajstić information content (AvgIpc) is 3.71. The van der Waals surface area contributed by atoms with Crippen LogP contribution in [0.2, 0.25) is 0 Å². The normalized spacial score (nSPS) is 16.1. The maximum Gasteiger partial charge on any atom is 0.269 e. The van der Waals surface area contributed by atoms with E-state index < -0.39 is 15.6 Å². The lowest BCUT2D eigenvalue weighted by Crippen LogP contribution is -2.39. The molecule has 0 aliphatic carbocycles. The highest BCUT2D eigenvalue weighted by Crippen LogP contribution is 2.52. The van der Waals surface area contributed by atoms with Gasteiger partial charge in [0.2, 0.25) is 0 Å². The molecule has 5 heterocycles. The van der Waals surface area contributed by atoms with Gasteiger partial charge in [-0.3, -0.25) is 0 Å². The van der Waals surface area contributed by atoms with Gasteiger partial charge in [0.1, 0.15) is 0 Å². The Bertz CT molecular complexity index is 1950. The van der Waals surface area contributed by atoms with E-state index in [1.165, 1.54) is 21.5 Å². The van der Waals surface area contributed by atoms with Gasteiger partial charge in [-0.1, -0.05) is 24.3 Å². The summed E-state index contributed by atoms with van der Waals surface area (Å²) in [6, 6.07) is 14.3. The number of thiazole rings is 1. The van der Waals surface area contributed by atoms with Crippen LogP contribution in [-0.4, -0.2) is 48.7 Å². The maximum atomic E-state index is 14.6. The van der Waals surface area contributed by atoms with Crippen LogP contribution in [0.5, 0.6) is 0 Å². The topological polar surface area (TPSA) is 122 Å². The number of benzene rings is 2. The minimum atomic E-state index is -4.09. The Balaban J connectivity index is 1.68. The van der Waals surface area contributed by atoms with E-state index in [1.807, 2.05) is 32.2 Å². The number of piperidine rings is 1. The molecule has 0 bridgehead atoms. The minimum Gasteiger partial charge on any atom is -0.388 e. The molecule has 2 aromatic carbocycles. The minimum absolute atomic E-state index is 0.178. The lowest BCUT2D eigenvalue weighted by molar-refractivity contribution is -0.0582. The molecule has 1 saturated heterocycles. The monoisotopic (exact) mass is 598 g/mol. The van der Waals surface area contributed by atoms with Gasteiger partial charge in [-0.05, 0) is 62.7 Å². The van der Waals surface area contributed by atoms with Crippen molar-refractivity contribution >= 4 is 44.3 Å². The van der Waals surface area contributed by atoms with Crippen molar-refractivity contribution in [2.75, 3.05) is 25.5 Å². The van der Waals surface area contributed by atoms with Crippen LogP contribution >= 0.6 is 11.3 Å². The highest BCUT2D eigenvalue weighted by Gasteiger charge is 2.45. The smallest absolute Gasteiger partial charge is 0.269 e. The second kappa shape index (κ2) is 10.1. The molecular formula is C31H30N6O3S2. The van der Waals surface area contributed by atoms with Crippen LogP contribution in [0.1, 0.15) is 34.5 Å². The van der Waals surface area contributed by atoms with Crippen LogP contribution in [0, 0.1) is 12.3 Å². The second-order valence-corrected chi connectivity index (χ2v) is 13.7. The SMILES string of the molecule is CNc1ccc(-c2c(-c3cnc(C)s3)n(S(=O)(=O)c3ccccc3)c3ncc4c(c23)C2(CCNCC2)OC4)cc1C=N. The lowest BCUT2D eigenvalue weighted by Gasteiger charge is -2.34. The van der Waals surface area contributed by atoms with Crippen molar-refractivity contribution in [3.63, 3.8) is 0 Å². The summed E-state index contributed by atoms with van der Waals surface area (Å²) in [6.45, 7) is 3.94. The Morgan fingerprint density at radius 2 is 1.90 bits per heavy atom. The number of nitrogens with one attached hydrogen (secondary N) is 3. The number of aromatic nitrogens is 3. The molecule has 1 spiro atoms. The average molecular weight is 599 g/mol. The predicted molar refractivity (Wildman–Crippen MR) is 166 cm³/mol. The zero-order valence-corrected chi connectivity index (χ0v) is 24.9. The first-order valence-electron chi connectivity index (χ1n) is 13.9. The Kier molecular flexibility index (Phi) is 6.50. The van der Waals surface area contributed by atoms with E-state index in [2.05, 4.69) is 15.6 Å². The highest BCUT2D eigenvalue weighted by molar-refractivity contribution is 7.90. The fourth-order valence-electron chi connectivity index (χ4n) is 6.37. The van der Waals surface area contributed by atoms with Crippen molar-refractivity contribution in [2.24, 2.45) is 0 Å². The zero-order valence-electron chi connectivity index (χ0n) is 23.3. The summed E-state index contributed by atoms with van der Waals surface area (Å²) in [5.41, 5.74) is 5.39. The molecule has 2 aliphatic rings. The van der Waals surface area contributed by atoms with Crippen LogP contribution in [-0.2, 0) is 27.0 Å². The number of rotatable bonds is 6. The Morgan fingerprint density at radius 1 is 1.12 bits per heavy atom. The van der Waals surface area contributed by atoms with Crippen molar-refractivity contribution in [2.45, 2.75) is 36.9 Å². The van der Waals surface area contributed by atoms with Gasteiger partial charge >= 0.3 is 0 Å². The molecule has 9 nitrogen and oxygen atoms in total. The number of nitrogens with zero attached hydrogens (tertiary/aromatic N) is 3. The molecule has 0 atom stereocenters. The highest BCUT2D eigenvalue weighted by atomic mass is 32.2. The van der Waals surface area contributed by atoms with Gasteiger partial charge in [0, 0.05) is 59.0 Å². The van der Waals surface area contributed by atoms with Crippen molar-refractivity contribution in [3.05, 3.63) is 82.6 Å². The van der Waals surface area contributed by atoms with Crippen molar-refractivity contribution < 1.29 is 13.2 Å². The first-order chi connectivity index (χ1) is 20.4. The molecule has 1 fully saturated rings. The number of fused-ring (bicyclic) bond motifs is 4. The quantitative estimate of drug-likeness (QED) is 0.220. The van der Waals surface area contributed by atoms with E-state index in [9.17, 15) is 8.42 Å². The molecule has 11 heteroatoms. The predicted octanol–water partition coefficient (Wildman–Crippen LogP) is 5.52. The van der Waals surface area contributed by atoms with E-state index in [0.29, 0.717) is 23.5 Å². The van der Waals surface area contributed by atoms with Crippen LogP contribution in [0.3, 0.4) is 0 Å². The maximum absolute atomic E-state index is 14.6. The summed E-state index contributed by atoms with van der Waals surface area (Å²) >= 11 is 1.45. The Labute approximate surface area is 248 Å². The van der Waals surface area contributed by atoms with Crippen LogP contribution in [0.4, 0.5) is 5.69 Å². The Morgan fingerprint density at radius 3 is 2.60 bits per heavy atom. The summed E-state index contributed by atoms with van der Waals surface area (Å²) in [5.74, 6) is 0. The van der Waals surface area contributed by atoms with Gasteiger partial charge in [0.05, 0.1) is 32.7 Å². The number of ether oxygens (including phenoxy) is 1. The molecule has 2 aliphatic heterocycles. The molecule has 7 rings (SSSR count). The first-order valence-corrected chi connectivity index (χ1v) is 16.1. The third kappa shape index (κ3) is 4.03. The number of hydrogen-bond acceptors (Lipinski definition) is 9. The van der Waals surface area contributed by atoms with Crippen LogP contribution < -0.4 is 10.6 Å². The molecule has 214 valence electrons. The molecule has 42 heavy (non-hydrogen) atoms. The van der Waals surface area contributed by atoms with Crippen LogP contribution in [0.15, 0.2) is 65.8 Å². The van der Waals surface area contributed by atoms with Crippen LogP contribution in [0.25, 0.3) is 32.7 Å². The summed E-state index contributed by atoms with van der Waals surface area (Å²) in [6.07, 6.45) is 6.38. The van der Waals surface area contributed by atoms with Crippen molar-refractivity contribution in [1.82, 2.24) is 19.3 Å².